The average molecular weight is 221 g/mol. The van der Waals surface area contributed by atoms with Gasteiger partial charge in [-0.1, -0.05) is 6.07 Å². The number of benzene rings is 1. The molecule has 2 aliphatic heterocycles. The molecule has 1 N–H and O–H groups in total. The van der Waals surface area contributed by atoms with E-state index in [0.29, 0.717) is 13.4 Å². The van der Waals surface area contributed by atoms with Crippen molar-refractivity contribution in [2.24, 2.45) is 0 Å². The SMILES string of the molecule is CC1(C)COC(c2ccc3c(c2)OCO3)N1. The standard InChI is InChI=1S/C12H15NO3/c1-12(2)6-14-11(13-12)8-3-4-9-10(5-8)16-7-15-9/h3-5,11,13H,6-7H2,1-2H3. The van der Waals surface area contributed by atoms with Crippen LogP contribution in [0.4, 0.5) is 0 Å². The summed E-state index contributed by atoms with van der Waals surface area (Å²) in [5.74, 6) is 1.61. The molecule has 0 spiro atoms. The fraction of sp³-hybridized carbons (Fsp3) is 0.500. The summed E-state index contributed by atoms with van der Waals surface area (Å²) < 4.78 is 16.3. The molecule has 16 heavy (non-hydrogen) atoms. The predicted molar refractivity (Wildman–Crippen MR) is 58.5 cm³/mol. The third-order valence-corrected chi connectivity index (χ3v) is 2.83. The number of hydrogen-bond donors (Lipinski definition) is 1. The van der Waals surface area contributed by atoms with E-state index < -0.39 is 0 Å². The Labute approximate surface area is 94.5 Å². The first-order valence-corrected chi connectivity index (χ1v) is 5.43. The highest BCUT2D eigenvalue weighted by atomic mass is 16.7. The first-order chi connectivity index (χ1) is 7.64. The molecule has 1 unspecified atom stereocenters. The minimum atomic E-state index is -0.0514. The molecule has 1 aromatic carbocycles. The van der Waals surface area contributed by atoms with Crippen molar-refractivity contribution in [2.75, 3.05) is 13.4 Å². The van der Waals surface area contributed by atoms with Gasteiger partial charge in [-0.25, -0.2) is 0 Å². The van der Waals surface area contributed by atoms with Crippen LogP contribution in [0.15, 0.2) is 18.2 Å². The lowest BCUT2D eigenvalue weighted by molar-refractivity contribution is 0.0987. The summed E-state index contributed by atoms with van der Waals surface area (Å²) in [5.41, 5.74) is 1.11. The molecule has 0 bridgehead atoms. The minimum Gasteiger partial charge on any atom is -0.454 e. The molecule has 86 valence electrons. The van der Waals surface area contributed by atoms with Crippen LogP contribution in [0.1, 0.15) is 25.6 Å². The van der Waals surface area contributed by atoms with Crippen LogP contribution in [0.25, 0.3) is 0 Å². The largest absolute Gasteiger partial charge is 0.454 e. The lowest BCUT2D eigenvalue weighted by atomic mass is 10.1. The number of ether oxygens (including phenoxy) is 3. The molecule has 4 heteroatoms. The fourth-order valence-electron chi connectivity index (χ4n) is 1.99. The van der Waals surface area contributed by atoms with E-state index in [1.807, 2.05) is 18.2 Å². The van der Waals surface area contributed by atoms with E-state index in [0.717, 1.165) is 17.1 Å². The van der Waals surface area contributed by atoms with Crippen molar-refractivity contribution in [3.05, 3.63) is 23.8 Å². The molecular weight excluding hydrogens is 206 g/mol. The van der Waals surface area contributed by atoms with Crippen LogP contribution in [0.3, 0.4) is 0 Å². The zero-order valence-corrected chi connectivity index (χ0v) is 9.45. The first kappa shape index (κ1) is 9.93. The normalized spacial score (nSPS) is 26.0. The molecule has 1 saturated heterocycles. The van der Waals surface area contributed by atoms with Gasteiger partial charge in [0.05, 0.1) is 6.61 Å². The Bertz CT molecular complexity index is 417. The molecule has 0 aromatic heterocycles. The molecule has 2 heterocycles. The van der Waals surface area contributed by atoms with Crippen molar-refractivity contribution >= 4 is 0 Å². The third kappa shape index (κ3) is 1.64. The number of hydrogen-bond acceptors (Lipinski definition) is 4. The summed E-state index contributed by atoms with van der Waals surface area (Å²) in [6, 6.07) is 5.90. The molecule has 2 aliphatic rings. The van der Waals surface area contributed by atoms with E-state index in [1.165, 1.54) is 0 Å². The van der Waals surface area contributed by atoms with Crippen molar-refractivity contribution in [1.29, 1.82) is 0 Å². The van der Waals surface area contributed by atoms with Gasteiger partial charge in [0.1, 0.15) is 6.23 Å². The number of fused-ring (bicyclic) bond motifs is 1. The van der Waals surface area contributed by atoms with E-state index in [4.69, 9.17) is 14.2 Å². The van der Waals surface area contributed by atoms with Gasteiger partial charge in [-0.05, 0) is 31.5 Å². The van der Waals surface area contributed by atoms with E-state index in [9.17, 15) is 0 Å². The second-order valence-corrected chi connectivity index (χ2v) is 4.83. The maximum atomic E-state index is 5.71. The van der Waals surface area contributed by atoms with Crippen molar-refractivity contribution in [2.45, 2.75) is 25.6 Å². The van der Waals surface area contributed by atoms with Gasteiger partial charge < -0.3 is 14.2 Å². The second-order valence-electron chi connectivity index (χ2n) is 4.83. The molecule has 1 fully saturated rings. The topological polar surface area (TPSA) is 39.7 Å². The minimum absolute atomic E-state index is 0.0288. The highest BCUT2D eigenvalue weighted by Crippen LogP contribution is 2.36. The molecule has 0 radical (unpaired) electrons. The molecule has 1 aromatic rings. The van der Waals surface area contributed by atoms with Crippen molar-refractivity contribution in [3.8, 4) is 11.5 Å². The van der Waals surface area contributed by atoms with E-state index in [2.05, 4.69) is 19.2 Å². The van der Waals surface area contributed by atoms with Crippen LogP contribution in [0, 0.1) is 0 Å². The van der Waals surface area contributed by atoms with Crippen molar-refractivity contribution < 1.29 is 14.2 Å². The Kier molecular flexibility index (Phi) is 2.09. The molecule has 0 saturated carbocycles. The van der Waals surface area contributed by atoms with Gasteiger partial charge in [-0.2, -0.15) is 0 Å². The summed E-state index contributed by atoms with van der Waals surface area (Å²) in [4.78, 5) is 0. The number of nitrogens with one attached hydrogen (secondary N) is 1. The summed E-state index contributed by atoms with van der Waals surface area (Å²) in [6.45, 7) is 5.27. The summed E-state index contributed by atoms with van der Waals surface area (Å²) in [5, 5.41) is 3.42. The Morgan fingerprint density at radius 2 is 2.06 bits per heavy atom. The summed E-state index contributed by atoms with van der Waals surface area (Å²) in [6.07, 6.45) is -0.0514. The van der Waals surface area contributed by atoms with Crippen LogP contribution in [-0.4, -0.2) is 18.9 Å². The molecule has 3 rings (SSSR count). The van der Waals surface area contributed by atoms with Gasteiger partial charge in [-0.15, -0.1) is 0 Å². The molecular formula is C12H15NO3. The quantitative estimate of drug-likeness (QED) is 0.785. The highest BCUT2D eigenvalue weighted by molar-refractivity contribution is 5.45. The predicted octanol–water partition coefficient (Wildman–Crippen LogP) is 1.81. The first-order valence-electron chi connectivity index (χ1n) is 5.43. The van der Waals surface area contributed by atoms with E-state index >= 15 is 0 Å². The number of rotatable bonds is 1. The van der Waals surface area contributed by atoms with Gasteiger partial charge in [0, 0.05) is 5.54 Å². The van der Waals surface area contributed by atoms with Gasteiger partial charge >= 0.3 is 0 Å². The lowest BCUT2D eigenvalue weighted by Crippen LogP contribution is -2.35. The van der Waals surface area contributed by atoms with E-state index in [-0.39, 0.29) is 11.8 Å². The Balaban J connectivity index is 1.85. The van der Waals surface area contributed by atoms with Crippen LogP contribution < -0.4 is 14.8 Å². The van der Waals surface area contributed by atoms with Gasteiger partial charge in [0.15, 0.2) is 11.5 Å². The van der Waals surface area contributed by atoms with Gasteiger partial charge in [0.25, 0.3) is 0 Å². The second kappa shape index (κ2) is 3.37. The Morgan fingerprint density at radius 3 is 2.81 bits per heavy atom. The van der Waals surface area contributed by atoms with E-state index in [1.54, 1.807) is 0 Å². The molecule has 0 amide bonds. The Morgan fingerprint density at radius 1 is 1.25 bits per heavy atom. The third-order valence-electron chi connectivity index (χ3n) is 2.83. The highest BCUT2D eigenvalue weighted by Gasteiger charge is 2.32. The maximum absolute atomic E-state index is 5.71. The van der Waals surface area contributed by atoms with Crippen LogP contribution in [0.2, 0.25) is 0 Å². The summed E-state index contributed by atoms with van der Waals surface area (Å²) in [7, 11) is 0. The van der Waals surface area contributed by atoms with Crippen LogP contribution in [0.5, 0.6) is 11.5 Å². The molecule has 4 nitrogen and oxygen atoms in total. The lowest BCUT2D eigenvalue weighted by Gasteiger charge is -2.17. The molecule has 1 atom stereocenters. The molecule has 0 aliphatic carbocycles. The monoisotopic (exact) mass is 221 g/mol. The van der Waals surface area contributed by atoms with Crippen LogP contribution >= 0.6 is 0 Å². The zero-order chi connectivity index (χ0) is 11.2. The smallest absolute Gasteiger partial charge is 0.231 e. The van der Waals surface area contributed by atoms with Gasteiger partial charge in [-0.3, -0.25) is 5.32 Å². The maximum Gasteiger partial charge on any atom is 0.231 e. The van der Waals surface area contributed by atoms with Crippen molar-refractivity contribution in [3.63, 3.8) is 0 Å². The van der Waals surface area contributed by atoms with Crippen molar-refractivity contribution in [1.82, 2.24) is 5.32 Å². The Hall–Kier alpha value is -1.26. The summed E-state index contributed by atoms with van der Waals surface area (Å²) >= 11 is 0. The average Bonchev–Trinajstić information content (AvgIpc) is 2.82. The fourth-order valence-corrected chi connectivity index (χ4v) is 1.99. The zero-order valence-electron chi connectivity index (χ0n) is 9.45. The van der Waals surface area contributed by atoms with Gasteiger partial charge in [0.2, 0.25) is 6.79 Å². The van der Waals surface area contributed by atoms with Crippen LogP contribution in [-0.2, 0) is 4.74 Å².